The van der Waals surface area contributed by atoms with E-state index in [2.05, 4.69) is 0 Å². The van der Waals surface area contributed by atoms with Gasteiger partial charge in [0, 0.05) is 25.1 Å². The van der Waals surface area contributed by atoms with Crippen molar-refractivity contribution in [2.45, 2.75) is 32.4 Å². The van der Waals surface area contributed by atoms with Gasteiger partial charge in [0.2, 0.25) is 0 Å². The molecule has 0 bridgehead atoms. The van der Waals surface area contributed by atoms with Crippen LogP contribution in [0.4, 0.5) is 0 Å². The number of aliphatic hydroxyl groups excluding tert-OH is 1. The Bertz CT molecular complexity index is 775. The Labute approximate surface area is 173 Å². The van der Waals surface area contributed by atoms with Gasteiger partial charge in [-0.2, -0.15) is 0 Å². The van der Waals surface area contributed by atoms with Gasteiger partial charge >= 0.3 is 0 Å². The van der Waals surface area contributed by atoms with Gasteiger partial charge in [-0.1, -0.05) is 24.3 Å². The molecule has 2 rings (SSSR count). The lowest BCUT2D eigenvalue weighted by atomic mass is 10.1. The van der Waals surface area contributed by atoms with E-state index in [9.17, 15) is 9.90 Å². The second-order valence-electron chi connectivity index (χ2n) is 7.16. The maximum absolute atomic E-state index is 11.1. The number of carbonyl (C=O) groups excluding carboxylic acids is 1. The van der Waals surface area contributed by atoms with Crippen molar-refractivity contribution in [2.24, 2.45) is 0 Å². The molecule has 0 amide bonds. The van der Waals surface area contributed by atoms with Crippen molar-refractivity contribution >= 4 is 5.78 Å². The van der Waals surface area contributed by atoms with E-state index in [0.717, 1.165) is 17.5 Å². The summed E-state index contributed by atoms with van der Waals surface area (Å²) in [6.07, 6.45) is 0.647. The molecular formula is C23H31NO5. The predicted octanol–water partition coefficient (Wildman–Crippen LogP) is 3.10. The monoisotopic (exact) mass is 401 g/mol. The Morgan fingerprint density at radius 2 is 1.83 bits per heavy atom. The van der Waals surface area contributed by atoms with Crippen molar-refractivity contribution in [3.8, 4) is 17.2 Å². The summed E-state index contributed by atoms with van der Waals surface area (Å²) in [5, 5.41) is 10.3. The van der Waals surface area contributed by atoms with Crippen molar-refractivity contribution in [1.82, 2.24) is 4.90 Å². The normalized spacial score (nSPS) is 11.9. The highest BCUT2D eigenvalue weighted by Gasteiger charge is 2.14. The van der Waals surface area contributed by atoms with Gasteiger partial charge in [0.25, 0.3) is 0 Å². The van der Waals surface area contributed by atoms with Gasteiger partial charge in [-0.25, -0.2) is 0 Å². The molecule has 0 fully saturated rings. The van der Waals surface area contributed by atoms with E-state index < -0.39 is 6.10 Å². The van der Waals surface area contributed by atoms with Gasteiger partial charge in [0.1, 0.15) is 24.2 Å². The molecule has 0 radical (unpaired) electrons. The predicted molar refractivity (Wildman–Crippen MR) is 113 cm³/mol. The minimum absolute atomic E-state index is 0.184. The number of aryl methyl sites for hydroxylation is 1. The first-order chi connectivity index (χ1) is 13.9. The van der Waals surface area contributed by atoms with Crippen molar-refractivity contribution in [1.29, 1.82) is 0 Å². The molecule has 0 aromatic heterocycles. The number of Topliss-reactive ketones (excluding diaryl/α,β-unsaturated/α-hetero) is 1. The Morgan fingerprint density at radius 1 is 1.10 bits per heavy atom. The first-order valence-corrected chi connectivity index (χ1v) is 9.70. The lowest BCUT2D eigenvalue weighted by molar-refractivity contribution is -0.116. The van der Waals surface area contributed by atoms with Crippen molar-refractivity contribution in [3.05, 3.63) is 53.6 Å². The molecule has 29 heavy (non-hydrogen) atoms. The zero-order valence-corrected chi connectivity index (χ0v) is 17.7. The van der Waals surface area contributed by atoms with Crippen LogP contribution >= 0.6 is 0 Å². The van der Waals surface area contributed by atoms with E-state index in [1.807, 2.05) is 54.4 Å². The van der Waals surface area contributed by atoms with E-state index in [0.29, 0.717) is 36.8 Å². The quantitative estimate of drug-likeness (QED) is 0.589. The third-order valence-corrected chi connectivity index (χ3v) is 4.58. The minimum Gasteiger partial charge on any atom is -0.493 e. The first-order valence-electron chi connectivity index (χ1n) is 9.70. The number of ether oxygens (including phenoxy) is 3. The molecule has 6 heteroatoms. The average Bonchev–Trinajstić information content (AvgIpc) is 2.71. The van der Waals surface area contributed by atoms with Crippen molar-refractivity contribution in [3.63, 3.8) is 0 Å². The largest absolute Gasteiger partial charge is 0.493 e. The molecule has 0 saturated carbocycles. The average molecular weight is 402 g/mol. The number of ketones is 1. The summed E-state index contributed by atoms with van der Waals surface area (Å²) in [7, 11) is 5.17. The maximum atomic E-state index is 11.1. The number of methoxy groups -OCH3 is 2. The summed E-state index contributed by atoms with van der Waals surface area (Å²) in [6.45, 7) is 2.87. The third-order valence-electron chi connectivity index (χ3n) is 4.58. The number of rotatable bonds is 12. The van der Waals surface area contributed by atoms with Gasteiger partial charge in [0.15, 0.2) is 11.5 Å². The summed E-state index contributed by atoms with van der Waals surface area (Å²) in [4.78, 5) is 13.1. The Morgan fingerprint density at radius 3 is 2.45 bits per heavy atom. The van der Waals surface area contributed by atoms with Crippen LogP contribution in [0.25, 0.3) is 0 Å². The van der Waals surface area contributed by atoms with Crippen LogP contribution in [0.1, 0.15) is 24.5 Å². The molecule has 158 valence electrons. The zero-order chi connectivity index (χ0) is 21.2. The molecule has 1 atom stereocenters. The highest BCUT2D eigenvalue weighted by atomic mass is 16.5. The van der Waals surface area contributed by atoms with Crippen LogP contribution in [0.3, 0.4) is 0 Å². The lowest BCUT2D eigenvalue weighted by Gasteiger charge is -2.22. The maximum Gasteiger partial charge on any atom is 0.165 e. The summed E-state index contributed by atoms with van der Waals surface area (Å²) in [5.74, 6) is 2.28. The van der Waals surface area contributed by atoms with Crippen LogP contribution in [0.2, 0.25) is 0 Å². The molecule has 0 saturated heterocycles. The fourth-order valence-corrected chi connectivity index (χ4v) is 3.11. The number of nitrogens with zero attached hydrogens (tertiary/aromatic N) is 1. The van der Waals surface area contributed by atoms with E-state index in [4.69, 9.17) is 14.2 Å². The number of aliphatic hydroxyl groups is 1. The molecule has 0 aliphatic heterocycles. The van der Waals surface area contributed by atoms with E-state index in [-0.39, 0.29) is 12.4 Å². The highest BCUT2D eigenvalue weighted by Crippen LogP contribution is 2.31. The van der Waals surface area contributed by atoms with Crippen LogP contribution < -0.4 is 14.2 Å². The van der Waals surface area contributed by atoms with Crippen LogP contribution in [-0.4, -0.2) is 56.3 Å². The SMILES string of the molecule is COc1cccc(CN(C)C[C@H](O)COc2ccc(CCC(C)=O)cc2)c1OC. The smallest absolute Gasteiger partial charge is 0.165 e. The van der Waals surface area contributed by atoms with Gasteiger partial charge in [-0.3, -0.25) is 4.90 Å². The van der Waals surface area contributed by atoms with Crippen LogP contribution in [-0.2, 0) is 17.8 Å². The molecule has 0 aliphatic carbocycles. The summed E-state index contributed by atoms with van der Waals surface area (Å²) >= 11 is 0. The number of likely N-dealkylation sites (N-methyl/N-ethyl adjacent to an activating group) is 1. The van der Waals surface area contributed by atoms with Gasteiger partial charge in [-0.15, -0.1) is 0 Å². The fourth-order valence-electron chi connectivity index (χ4n) is 3.11. The van der Waals surface area contributed by atoms with Crippen LogP contribution in [0, 0.1) is 0 Å². The minimum atomic E-state index is -0.631. The zero-order valence-electron chi connectivity index (χ0n) is 17.7. The number of benzene rings is 2. The Hall–Kier alpha value is -2.57. The summed E-state index contributed by atoms with van der Waals surface area (Å²) < 4.78 is 16.5. The molecule has 2 aromatic rings. The number of hydrogen-bond donors (Lipinski definition) is 1. The van der Waals surface area contributed by atoms with Crippen LogP contribution in [0.5, 0.6) is 17.2 Å². The second kappa shape index (κ2) is 11.4. The first kappa shape index (κ1) is 22.7. The topological polar surface area (TPSA) is 68.2 Å². The number of hydrogen-bond acceptors (Lipinski definition) is 6. The number of carbonyl (C=O) groups is 1. The molecule has 0 spiro atoms. The van der Waals surface area contributed by atoms with E-state index in [1.54, 1.807) is 21.1 Å². The standard InChI is InChI=1S/C23H31NO5/c1-17(25)8-9-18-10-12-21(13-11-18)29-16-20(26)15-24(2)14-19-6-5-7-22(27-3)23(19)28-4/h5-7,10-13,20,26H,8-9,14-16H2,1-4H3/t20-/m0/s1. The number of para-hydroxylation sites is 1. The van der Waals surface area contributed by atoms with E-state index >= 15 is 0 Å². The fraction of sp³-hybridized carbons (Fsp3) is 0.435. The third kappa shape index (κ3) is 7.40. The molecule has 2 aromatic carbocycles. The molecule has 6 nitrogen and oxygen atoms in total. The van der Waals surface area contributed by atoms with Crippen molar-refractivity contribution < 1.29 is 24.1 Å². The molecule has 0 heterocycles. The summed E-state index contributed by atoms with van der Waals surface area (Å²) in [6, 6.07) is 13.4. The molecule has 0 unspecified atom stereocenters. The highest BCUT2D eigenvalue weighted by molar-refractivity contribution is 5.75. The van der Waals surface area contributed by atoms with Crippen molar-refractivity contribution in [2.75, 3.05) is 34.4 Å². The van der Waals surface area contributed by atoms with Crippen LogP contribution in [0.15, 0.2) is 42.5 Å². The Kier molecular flexibility index (Phi) is 8.96. The molecule has 1 N–H and O–H groups in total. The molecular weight excluding hydrogens is 370 g/mol. The van der Waals surface area contributed by atoms with E-state index in [1.165, 1.54) is 0 Å². The Balaban J connectivity index is 1.82. The lowest BCUT2D eigenvalue weighted by Crippen LogP contribution is -2.32. The van der Waals surface area contributed by atoms with Gasteiger partial charge in [0.05, 0.1) is 14.2 Å². The van der Waals surface area contributed by atoms with Gasteiger partial charge < -0.3 is 24.1 Å². The molecule has 0 aliphatic rings. The second-order valence-corrected chi connectivity index (χ2v) is 7.16. The van der Waals surface area contributed by atoms with Gasteiger partial charge in [-0.05, 0) is 44.2 Å². The summed E-state index contributed by atoms with van der Waals surface area (Å²) in [5.41, 5.74) is 2.09.